The van der Waals surface area contributed by atoms with E-state index in [4.69, 9.17) is 0 Å². The zero-order valence-corrected chi connectivity index (χ0v) is 11.1. The maximum Gasteiger partial charge on any atom is 0.154 e. The van der Waals surface area contributed by atoms with Crippen molar-refractivity contribution >= 4 is 9.84 Å². The summed E-state index contributed by atoms with van der Waals surface area (Å²) in [5, 5.41) is 13.2. The normalized spacial score (nSPS) is 35.2. The van der Waals surface area contributed by atoms with Crippen LogP contribution in [0.2, 0.25) is 0 Å². The van der Waals surface area contributed by atoms with Crippen LogP contribution >= 0.6 is 0 Å². The Morgan fingerprint density at radius 2 is 1.94 bits per heavy atom. The molecule has 0 radical (unpaired) electrons. The second-order valence-electron chi connectivity index (χ2n) is 5.08. The standard InChI is InChI=1S/C11H22N2O3S/c1-2-12-9-3-5-13(6-4-9)10-7-17(15,16)8-11(10)14/h9-12,14H,2-8H2,1H3. The highest BCUT2D eigenvalue weighted by Crippen LogP contribution is 2.22. The number of rotatable bonds is 3. The molecule has 2 aliphatic heterocycles. The Morgan fingerprint density at radius 3 is 2.41 bits per heavy atom. The third-order valence-corrected chi connectivity index (χ3v) is 5.48. The van der Waals surface area contributed by atoms with Gasteiger partial charge in [-0.25, -0.2) is 8.42 Å². The van der Waals surface area contributed by atoms with Crippen molar-refractivity contribution in [2.24, 2.45) is 0 Å². The van der Waals surface area contributed by atoms with Gasteiger partial charge in [0.1, 0.15) is 0 Å². The molecule has 0 aromatic carbocycles. The van der Waals surface area contributed by atoms with Gasteiger partial charge in [0, 0.05) is 19.1 Å². The number of aliphatic hydroxyl groups is 1. The van der Waals surface area contributed by atoms with Crippen molar-refractivity contribution in [3.63, 3.8) is 0 Å². The third kappa shape index (κ3) is 3.19. The van der Waals surface area contributed by atoms with Gasteiger partial charge in [0.25, 0.3) is 0 Å². The zero-order chi connectivity index (χ0) is 12.5. The number of hydrogen-bond acceptors (Lipinski definition) is 5. The molecule has 100 valence electrons. The van der Waals surface area contributed by atoms with Crippen LogP contribution < -0.4 is 5.32 Å². The van der Waals surface area contributed by atoms with Gasteiger partial charge in [0.05, 0.1) is 23.7 Å². The molecule has 0 saturated carbocycles. The molecule has 2 atom stereocenters. The Kier molecular flexibility index (Phi) is 4.07. The SMILES string of the molecule is CCNC1CCN(C2CS(=O)(=O)CC2O)CC1. The largest absolute Gasteiger partial charge is 0.390 e. The van der Waals surface area contributed by atoms with Gasteiger partial charge in [-0.05, 0) is 19.4 Å². The first-order valence-electron chi connectivity index (χ1n) is 6.38. The second kappa shape index (κ2) is 5.22. The number of nitrogens with one attached hydrogen (secondary N) is 1. The number of sulfone groups is 1. The summed E-state index contributed by atoms with van der Waals surface area (Å²) in [6.45, 7) is 4.84. The summed E-state index contributed by atoms with van der Waals surface area (Å²) in [6, 6.07) is 0.369. The van der Waals surface area contributed by atoms with Crippen molar-refractivity contribution < 1.29 is 13.5 Å². The fraction of sp³-hybridized carbons (Fsp3) is 1.00. The lowest BCUT2D eigenvalue weighted by atomic mass is 10.0. The molecule has 2 fully saturated rings. The number of aliphatic hydroxyl groups excluding tert-OH is 1. The monoisotopic (exact) mass is 262 g/mol. The predicted octanol–water partition coefficient (Wildman–Crippen LogP) is -0.782. The summed E-state index contributed by atoms with van der Waals surface area (Å²) in [5.74, 6) is 0.0604. The minimum absolute atomic E-state index is 0.0647. The van der Waals surface area contributed by atoms with Crippen LogP contribution in [0.15, 0.2) is 0 Å². The van der Waals surface area contributed by atoms with Crippen LogP contribution in [0.25, 0.3) is 0 Å². The maximum absolute atomic E-state index is 11.5. The number of likely N-dealkylation sites (tertiary alicyclic amines) is 1. The lowest BCUT2D eigenvalue weighted by molar-refractivity contribution is 0.0638. The van der Waals surface area contributed by atoms with Gasteiger partial charge < -0.3 is 10.4 Å². The summed E-state index contributed by atoms with van der Waals surface area (Å²) in [5.41, 5.74) is 0. The highest BCUT2D eigenvalue weighted by atomic mass is 32.2. The molecule has 5 nitrogen and oxygen atoms in total. The van der Waals surface area contributed by atoms with E-state index in [1.807, 2.05) is 0 Å². The Morgan fingerprint density at radius 1 is 1.29 bits per heavy atom. The van der Waals surface area contributed by atoms with Crippen LogP contribution in [-0.2, 0) is 9.84 Å². The molecule has 2 unspecified atom stereocenters. The van der Waals surface area contributed by atoms with Gasteiger partial charge in [-0.3, -0.25) is 4.90 Å². The summed E-state index contributed by atoms with van der Waals surface area (Å²) < 4.78 is 22.9. The first-order chi connectivity index (χ1) is 8.02. The fourth-order valence-corrected chi connectivity index (χ4v) is 4.72. The first-order valence-corrected chi connectivity index (χ1v) is 8.20. The molecule has 0 aromatic heterocycles. The van der Waals surface area contributed by atoms with Crippen LogP contribution in [0, 0.1) is 0 Å². The molecule has 0 bridgehead atoms. The topological polar surface area (TPSA) is 69.6 Å². The first kappa shape index (κ1) is 13.3. The average molecular weight is 262 g/mol. The predicted molar refractivity (Wildman–Crippen MR) is 66.7 cm³/mol. The van der Waals surface area contributed by atoms with Gasteiger partial charge in [0.15, 0.2) is 9.84 Å². The van der Waals surface area contributed by atoms with Crippen LogP contribution in [0.3, 0.4) is 0 Å². The minimum atomic E-state index is -3.03. The van der Waals surface area contributed by atoms with Crippen LogP contribution in [-0.4, -0.2) is 67.8 Å². The van der Waals surface area contributed by atoms with E-state index in [9.17, 15) is 13.5 Å². The van der Waals surface area contributed by atoms with E-state index in [1.165, 1.54) is 0 Å². The van der Waals surface area contributed by atoms with E-state index in [-0.39, 0.29) is 17.5 Å². The van der Waals surface area contributed by atoms with Crippen molar-refractivity contribution in [3.05, 3.63) is 0 Å². The van der Waals surface area contributed by atoms with Gasteiger partial charge >= 0.3 is 0 Å². The smallest absolute Gasteiger partial charge is 0.154 e. The van der Waals surface area contributed by atoms with Crippen molar-refractivity contribution in [2.45, 2.75) is 38.0 Å². The van der Waals surface area contributed by atoms with Crippen molar-refractivity contribution in [1.82, 2.24) is 10.2 Å². The minimum Gasteiger partial charge on any atom is -0.390 e. The molecule has 17 heavy (non-hydrogen) atoms. The summed E-state index contributed by atoms with van der Waals surface area (Å²) >= 11 is 0. The zero-order valence-electron chi connectivity index (χ0n) is 10.3. The van der Waals surface area contributed by atoms with Crippen LogP contribution in [0.5, 0.6) is 0 Å². The molecular weight excluding hydrogens is 240 g/mol. The molecule has 2 saturated heterocycles. The Balaban J connectivity index is 1.89. The Labute approximate surface area is 103 Å². The van der Waals surface area contributed by atoms with Crippen molar-refractivity contribution in [1.29, 1.82) is 0 Å². The molecule has 0 spiro atoms. The number of nitrogens with zero attached hydrogens (tertiary/aromatic N) is 1. The molecule has 2 heterocycles. The molecular formula is C11H22N2O3S. The third-order valence-electron chi connectivity index (χ3n) is 3.78. The summed E-state index contributed by atoms with van der Waals surface area (Å²) in [7, 11) is -3.03. The van der Waals surface area contributed by atoms with E-state index in [0.717, 1.165) is 32.5 Å². The Hall–Kier alpha value is -0.170. The average Bonchev–Trinajstić information content (AvgIpc) is 2.54. The van der Waals surface area contributed by atoms with E-state index in [1.54, 1.807) is 0 Å². The van der Waals surface area contributed by atoms with Crippen molar-refractivity contribution in [2.75, 3.05) is 31.1 Å². The molecule has 2 rings (SSSR count). The van der Waals surface area contributed by atoms with E-state index in [2.05, 4.69) is 17.1 Å². The molecule has 0 aliphatic carbocycles. The van der Waals surface area contributed by atoms with Gasteiger partial charge in [-0.1, -0.05) is 6.92 Å². The highest BCUT2D eigenvalue weighted by molar-refractivity contribution is 7.91. The van der Waals surface area contributed by atoms with E-state index in [0.29, 0.717) is 6.04 Å². The van der Waals surface area contributed by atoms with Gasteiger partial charge in [-0.15, -0.1) is 0 Å². The van der Waals surface area contributed by atoms with E-state index < -0.39 is 15.9 Å². The van der Waals surface area contributed by atoms with E-state index >= 15 is 0 Å². The number of piperidine rings is 1. The number of hydrogen-bond donors (Lipinski definition) is 2. The van der Waals surface area contributed by atoms with Gasteiger partial charge in [-0.2, -0.15) is 0 Å². The Bertz CT molecular complexity index is 350. The summed E-state index contributed by atoms with van der Waals surface area (Å²) in [4.78, 5) is 2.14. The molecule has 0 amide bonds. The molecule has 2 aliphatic rings. The molecule has 0 aromatic rings. The fourth-order valence-electron chi connectivity index (χ4n) is 2.88. The highest BCUT2D eigenvalue weighted by Gasteiger charge is 2.40. The molecule has 6 heteroatoms. The van der Waals surface area contributed by atoms with Crippen LogP contribution in [0.1, 0.15) is 19.8 Å². The molecule has 2 N–H and O–H groups in total. The lowest BCUT2D eigenvalue weighted by Crippen LogP contribution is -2.50. The van der Waals surface area contributed by atoms with Crippen molar-refractivity contribution in [3.8, 4) is 0 Å². The summed E-state index contributed by atoms with van der Waals surface area (Å²) in [6.07, 6.45) is 1.38. The second-order valence-corrected chi connectivity index (χ2v) is 7.23. The van der Waals surface area contributed by atoms with Gasteiger partial charge in [0.2, 0.25) is 0 Å². The quantitative estimate of drug-likeness (QED) is 0.698. The maximum atomic E-state index is 11.5. The van der Waals surface area contributed by atoms with Crippen LogP contribution in [0.4, 0.5) is 0 Å². The lowest BCUT2D eigenvalue weighted by Gasteiger charge is -2.36.